The molecule has 1 N–H and O–H groups in total. The Hall–Kier alpha value is -1.67. The molecule has 1 aliphatic heterocycles. The second kappa shape index (κ2) is 7.92. The van der Waals surface area contributed by atoms with Crippen molar-refractivity contribution in [2.24, 2.45) is 5.92 Å². The Bertz CT molecular complexity index is 752. The lowest BCUT2D eigenvalue weighted by molar-refractivity contribution is -0.386. The number of rotatable bonds is 6. The second-order valence-electron chi connectivity index (χ2n) is 7.55. The molecule has 1 aliphatic carbocycles. The predicted octanol–water partition coefficient (Wildman–Crippen LogP) is 3.06. The molecule has 1 aromatic rings. The Kier molecular flexibility index (Phi) is 5.82. The zero-order valence-electron chi connectivity index (χ0n) is 15.2. The number of nitrogens with one attached hydrogen (secondary N) is 1. The Morgan fingerprint density at radius 1 is 1.19 bits per heavy atom. The van der Waals surface area contributed by atoms with Crippen LogP contribution in [0.5, 0.6) is 0 Å². The van der Waals surface area contributed by atoms with Crippen molar-refractivity contribution < 1.29 is 13.3 Å². The molecule has 2 aliphatic rings. The summed E-state index contributed by atoms with van der Waals surface area (Å²) in [6, 6.07) is 4.57. The lowest BCUT2D eigenvalue weighted by Gasteiger charge is -2.34. The number of anilines is 1. The van der Waals surface area contributed by atoms with Crippen molar-refractivity contribution in [1.29, 1.82) is 0 Å². The highest BCUT2D eigenvalue weighted by atomic mass is 32.2. The van der Waals surface area contributed by atoms with Crippen LogP contribution in [-0.4, -0.2) is 50.2 Å². The Morgan fingerprint density at radius 3 is 2.42 bits per heavy atom. The van der Waals surface area contributed by atoms with Gasteiger partial charge in [0.1, 0.15) is 10.6 Å². The van der Waals surface area contributed by atoms with Gasteiger partial charge in [0.15, 0.2) is 9.84 Å². The van der Waals surface area contributed by atoms with Gasteiger partial charge in [0.05, 0.1) is 4.92 Å². The Balaban J connectivity index is 1.65. The van der Waals surface area contributed by atoms with Crippen LogP contribution in [0.3, 0.4) is 0 Å². The smallest absolute Gasteiger partial charge is 0.310 e. The van der Waals surface area contributed by atoms with Crippen molar-refractivity contribution >= 4 is 21.2 Å². The van der Waals surface area contributed by atoms with Gasteiger partial charge in [-0.3, -0.25) is 10.1 Å². The molecule has 0 spiro atoms. The maximum Gasteiger partial charge on any atom is 0.310 e. The minimum Gasteiger partial charge on any atom is -0.377 e. The fourth-order valence-electron chi connectivity index (χ4n) is 4.16. The van der Waals surface area contributed by atoms with Gasteiger partial charge in [-0.1, -0.05) is 18.9 Å². The quantitative estimate of drug-likeness (QED) is 0.601. The molecule has 1 heterocycles. The molecule has 8 heteroatoms. The largest absolute Gasteiger partial charge is 0.377 e. The Labute approximate surface area is 154 Å². The lowest BCUT2D eigenvalue weighted by Crippen LogP contribution is -2.41. The van der Waals surface area contributed by atoms with Crippen molar-refractivity contribution in [3.63, 3.8) is 0 Å². The molecule has 0 radical (unpaired) electrons. The summed E-state index contributed by atoms with van der Waals surface area (Å²) in [5, 5.41) is 14.7. The molecule has 144 valence electrons. The van der Waals surface area contributed by atoms with E-state index in [0.29, 0.717) is 5.69 Å². The van der Waals surface area contributed by atoms with Gasteiger partial charge >= 0.3 is 5.69 Å². The number of benzene rings is 1. The monoisotopic (exact) mass is 381 g/mol. The van der Waals surface area contributed by atoms with E-state index in [-0.39, 0.29) is 16.6 Å². The van der Waals surface area contributed by atoms with Gasteiger partial charge < -0.3 is 10.2 Å². The molecular formula is C18H27N3O4S. The Morgan fingerprint density at radius 2 is 1.85 bits per heavy atom. The lowest BCUT2D eigenvalue weighted by atomic mass is 10.0. The molecule has 0 amide bonds. The molecule has 0 aromatic heterocycles. The fourth-order valence-corrected chi connectivity index (χ4v) is 5.03. The number of para-hydroxylation sites is 1. The first-order valence-corrected chi connectivity index (χ1v) is 11.2. The number of hydrogen-bond acceptors (Lipinski definition) is 6. The standard InChI is InChI=1S/C18H27N3O4S/c1-26(24,25)17-8-4-7-16(18(17)21(22)23)19-15-9-11-20(12-10-15)13-14-5-2-3-6-14/h4,7-8,14-15,19H,2-3,5-6,9-13H2,1H3. The van der Waals surface area contributed by atoms with E-state index < -0.39 is 14.8 Å². The third-order valence-electron chi connectivity index (χ3n) is 5.52. The van der Waals surface area contributed by atoms with E-state index in [1.807, 2.05) is 0 Å². The van der Waals surface area contributed by atoms with Crippen molar-refractivity contribution in [3.8, 4) is 0 Å². The van der Waals surface area contributed by atoms with Gasteiger partial charge in [-0.05, 0) is 43.7 Å². The fraction of sp³-hybridized carbons (Fsp3) is 0.667. The van der Waals surface area contributed by atoms with E-state index in [1.165, 1.54) is 31.7 Å². The van der Waals surface area contributed by atoms with Crippen molar-refractivity contribution in [3.05, 3.63) is 28.3 Å². The minimum atomic E-state index is -3.65. The molecule has 1 saturated heterocycles. The molecule has 1 aromatic carbocycles. The molecule has 2 fully saturated rings. The number of nitrogens with zero attached hydrogens (tertiary/aromatic N) is 2. The van der Waals surface area contributed by atoms with Crippen LogP contribution in [0, 0.1) is 16.0 Å². The summed E-state index contributed by atoms with van der Waals surface area (Å²) < 4.78 is 23.7. The second-order valence-corrected chi connectivity index (χ2v) is 9.54. The zero-order chi connectivity index (χ0) is 18.7. The van der Waals surface area contributed by atoms with Crippen molar-refractivity contribution in [1.82, 2.24) is 4.90 Å². The van der Waals surface area contributed by atoms with E-state index >= 15 is 0 Å². The van der Waals surface area contributed by atoms with Crippen molar-refractivity contribution in [2.75, 3.05) is 31.2 Å². The molecular weight excluding hydrogens is 354 g/mol. The number of nitro benzene ring substituents is 1. The molecule has 3 rings (SSSR count). The summed E-state index contributed by atoms with van der Waals surface area (Å²) >= 11 is 0. The topological polar surface area (TPSA) is 92.6 Å². The van der Waals surface area contributed by atoms with Crippen molar-refractivity contribution in [2.45, 2.75) is 49.5 Å². The summed E-state index contributed by atoms with van der Waals surface area (Å²) in [5.41, 5.74) is -0.0458. The number of sulfone groups is 1. The highest BCUT2D eigenvalue weighted by molar-refractivity contribution is 7.90. The minimum absolute atomic E-state index is 0.128. The van der Waals surface area contributed by atoms with E-state index in [0.717, 1.165) is 44.6 Å². The first kappa shape index (κ1) is 19.1. The summed E-state index contributed by atoms with van der Waals surface area (Å²) in [7, 11) is -3.65. The van der Waals surface area contributed by atoms with E-state index in [2.05, 4.69) is 10.2 Å². The first-order valence-electron chi connectivity index (χ1n) is 9.31. The summed E-state index contributed by atoms with van der Waals surface area (Å²) in [5.74, 6) is 0.826. The normalized spacial score (nSPS) is 20.3. The predicted molar refractivity (Wildman–Crippen MR) is 101 cm³/mol. The van der Waals surface area contributed by atoms with Gasteiger partial charge in [-0.15, -0.1) is 0 Å². The number of piperidine rings is 1. The number of hydrogen-bond donors (Lipinski definition) is 1. The summed E-state index contributed by atoms with van der Waals surface area (Å²) in [6.45, 7) is 3.12. The van der Waals surface area contributed by atoms with Gasteiger partial charge in [0.2, 0.25) is 0 Å². The van der Waals surface area contributed by atoms with Crippen LogP contribution in [-0.2, 0) is 9.84 Å². The van der Waals surface area contributed by atoms with Gasteiger partial charge in [0.25, 0.3) is 0 Å². The molecule has 7 nitrogen and oxygen atoms in total. The number of nitro groups is 1. The first-order chi connectivity index (χ1) is 12.3. The summed E-state index contributed by atoms with van der Waals surface area (Å²) in [6.07, 6.45) is 8.19. The van der Waals surface area contributed by atoms with E-state index in [9.17, 15) is 18.5 Å². The molecule has 0 unspecified atom stereocenters. The molecule has 0 bridgehead atoms. The van der Waals surface area contributed by atoms with E-state index in [4.69, 9.17) is 0 Å². The van der Waals surface area contributed by atoms with Crippen LogP contribution in [0.1, 0.15) is 38.5 Å². The van der Waals surface area contributed by atoms with Crippen LogP contribution < -0.4 is 5.32 Å². The maximum atomic E-state index is 11.9. The maximum absolute atomic E-state index is 11.9. The van der Waals surface area contributed by atoms with Gasteiger partial charge in [-0.25, -0.2) is 8.42 Å². The third-order valence-corrected chi connectivity index (χ3v) is 6.65. The molecule has 1 saturated carbocycles. The molecule has 26 heavy (non-hydrogen) atoms. The van der Waals surface area contributed by atoms with Crippen LogP contribution in [0.2, 0.25) is 0 Å². The number of likely N-dealkylation sites (tertiary alicyclic amines) is 1. The highest BCUT2D eigenvalue weighted by Crippen LogP contribution is 2.33. The van der Waals surface area contributed by atoms with E-state index in [1.54, 1.807) is 12.1 Å². The average Bonchev–Trinajstić information content (AvgIpc) is 3.08. The van der Waals surface area contributed by atoms with Crippen LogP contribution in [0.4, 0.5) is 11.4 Å². The van der Waals surface area contributed by atoms with Gasteiger partial charge in [-0.2, -0.15) is 0 Å². The third kappa shape index (κ3) is 4.54. The molecule has 0 atom stereocenters. The van der Waals surface area contributed by atoms with Crippen LogP contribution in [0.25, 0.3) is 0 Å². The zero-order valence-corrected chi connectivity index (χ0v) is 16.0. The van der Waals surface area contributed by atoms with Crippen LogP contribution in [0.15, 0.2) is 23.1 Å². The summed E-state index contributed by atoms with van der Waals surface area (Å²) in [4.78, 5) is 13.1. The van der Waals surface area contributed by atoms with Crippen LogP contribution >= 0.6 is 0 Å². The average molecular weight is 381 g/mol. The highest BCUT2D eigenvalue weighted by Gasteiger charge is 2.29. The SMILES string of the molecule is CS(=O)(=O)c1cccc(NC2CCN(CC3CCCC3)CC2)c1[N+](=O)[O-]. The van der Waals surface area contributed by atoms with Gasteiger partial charge in [0, 0.05) is 31.9 Å².